The average Bonchev–Trinajstić information content (AvgIpc) is 2.34. The van der Waals surface area contributed by atoms with Crippen molar-refractivity contribution in [2.24, 2.45) is 0 Å². The zero-order valence-corrected chi connectivity index (χ0v) is 13.9. The lowest BCUT2D eigenvalue weighted by Gasteiger charge is -2.23. The Labute approximate surface area is 131 Å². The first-order valence-electron chi connectivity index (χ1n) is 7.38. The third-order valence-corrected chi connectivity index (χ3v) is 3.10. The van der Waals surface area contributed by atoms with Crippen LogP contribution < -0.4 is 5.32 Å². The maximum Gasteiger partial charge on any atom is 0.407 e. The van der Waals surface area contributed by atoms with E-state index in [1.807, 2.05) is 39.0 Å². The van der Waals surface area contributed by atoms with Crippen molar-refractivity contribution in [2.75, 3.05) is 0 Å². The number of carboxylic acid groups (broad SMARTS) is 1. The molecule has 0 atom stereocenters. The number of carboxylic acids is 1. The first-order chi connectivity index (χ1) is 10.1. The number of hydrogen-bond acceptors (Lipinski definition) is 3. The van der Waals surface area contributed by atoms with E-state index in [2.05, 4.69) is 5.32 Å². The van der Waals surface area contributed by atoms with Crippen molar-refractivity contribution in [3.8, 4) is 0 Å². The Bertz CT molecular complexity index is 544. The summed E-state index contributed by atoms with van der Waals surface area (Å²) in [5.74, 6) is -0.850. The van der Waals surface area contributed by atoms with Crippen LogP contribution in [0.1, 0.15) is 51.3 Å². The van der Waals surface area contributed by atoms with Gasteiger partial charge in [-0.2, -0.15) is 0 Å². The molecule has 0 aliphatic heterocycles. The van der Waals surface area contributed by atoms with Crippen LogP contribution in [-0.2, 0) is 27.9 Å². The Kier molecular flexibility index (Phi) is 5.97. The van der Waals surface area contributed by atoms with Gasteiger partial charge in [-0.1, -0.05) is 39.0 Å². The minimum Gasteiger partial charge on any atom is -0.481 e. The van der Waals surface area contributed by atoms with E-state index in [1.54, 1.807) is 13.8 Å². The Hall–Kier alpha value is -2.04. The molecule has 0 heterocycles. The smallest absolute Gasteiger partial charge is 0.407 e. The molecule has 0 spiro atoms. The zero-order valence-electron chi connectivity index (χ0n) is 13.9. The molecule has 0 fully saturated rings. The summed E-state index contributed by atoms with van der Waals surface area (Å²) in [5, 5.41) is 11.7. The number of alkyl carbamates (subject to hydrolysis) is 1. The van der Waals surface area contributed by atoms with Crippen LogP contribution in [0.5, 0.6) is 0 Å². The van der Waals surface area contributed by atoms with Gasteiger partial charge in [0.05, 0.1) is 12.5 Å². The van der Waals surface area contributed by atoms with Crippen LogP contribution in [0.3, 0.4) is 0 Å². The van der Waals surface area contributed by atoms with Gasteiger partial charge in [0, 0.05) is 6.54 Å². The fourth-order valence-electron chi connectivity index (χ4n) is 2.18. The van der Waals surface area contributed by atoms with Crippen molar-refractivity contribution in [3.05, 3.63) is 34.9 Å². The van der Waals surface area contributed by atoms with Crippen LogP contribution in [0, 0.1) is 0 Å². The molecule has 0 aliphatic carbocycles. The summed E-state index contributed by atoms with van der Waals surface area (Å²) >= 11 is 0. The summed E-state index contributed by atoms with van der Waals surface area (Å²) in [7, 11) is 0. The lowest BCUT2D eigenvalue weighted by molar-refractivity contribution is -0.136. The fraction of sp³-hybridized carbons (Fsp3) is 0.529. The highest BCUT2D eigenvalue weighted by Gasteiger charge is 2.20. The number of carbonyl (C=O) groups is 2. The molecular formula is C17H25NO4. The van der Waals surface area contributed by atoms with Crippen molar-refractivity contribution >= 4 is 12.1 Å². The molecular weight excluding hydrogens is 282 g/mol. The van der Waals surface area contributed by atoms with Gasteiger partial charge < -0.3 is 15.2 Å². The third-order valence-electron chi connectivity index (χ3n) is 3.10. The molecule has 1 amide bonds. The number of carbonyl (C=O) groups excluding carboxylic acids is 1. The molecule has 0 aliphatic rings. The minimum absolute atomic E-state index is 0.00426. The van der Waals surface area contributed by atoms with Gasteiger partial charge in [0.2, 0.25) is 0 Å². The molecule has 0 unspecified atom stereocenters. The molecule has 1 aromatic rings. The Balaban J connectivity index is 2.90. The summed E-state index contributed by atoms with van der Waals surface area (Å²) in [5.41, 5.74) is 2.53. The molecule has 0 saturated heterocycles. The monoisotopic (exact) mass is 307 g/mol. The molecule has 0 radical (unpaired) electrons. The first kappa shape index (κ1) is 18.0. The van der Waals surface area contributed by atoms with Crippen LogP contribution in [0.15, 0.2) is 18.2 Å². The van der Waals surface area contributed by atoms with Crippen LogP contribution in [0.2, 0.25) is 0 Å². The molecule has 1 aromatic carbocycles. The van der Waals surface area contributed by atoms with Crippen LogP contribution >= 0.6 is 0 Å². The van der Waals surface area contributed by atoms with Gasteiger partial charge in [-0.05, 0) is 36.0 Å². The van der Waals surface area contributed by atoms with Gasteiger partial charge in [0.25, 0.3) is 0 Å². The van der Waals surface area contributed by atoms with Gasteiger partial charge in [-0.25, -0.2) is 4.79 Å². The number of benzene rings is 1. The van der Waals surface area contributed by atoms with Crippen molar-refractivity contribution in [3.63, 3.8) is 0 Å². The van der Waals surface area contributed by atoms with Crippen molar-refractivity contribution < 1.29 is 19.4 Å². The molecule has 5 heteroatoms. The van der Waals surface area contributed by atoms with Crippen molar-refractivity contribution in [2.45, 2.75) is 59.1 Å². The minimum atomic E-state index is -0.850. The maximum absolute atomic E-state index is 11.5. The summed E-state index contributed by atoms with van der Waals surface area (Å²) < 4.78 is 5.02. The summed E-state index contributed by atoms with van der Waals surface area (Å²) in [6.45, 7) is 10.0. The highest BCUT2D eigenvalue weighted by Crippen LogP contribution is 2.27. The Morgan fingerprint density at radius 2 is 1.91 bits per heavy atom. The van der Waals surface area contributed by atoms with Crippen molar-refractivity contribution in [1.82, 2.24) is 5.32 Å². The van der Waals surface area contributed by atoms with Crippen LogP contribution in [0.25, 0.3) is 0 Å². The number of rotatable bonds is 5. The maximum atomic E-state index is 11.5. The highest BCUT2D eigenvalue weighted by molar-refractivity contribution is 5.71. The normalized spacial score (nSPS) is 11.4. The van der Waals surface area contributed by atoms with Crippen LogP contribution in [-0.4, -0.2) is 23.3 Å². The largest absolute Gasteiger partial charge is 0.481 e. The topological polar surface area (TPSA) is 75.6 Å². The number of hydrogen-bond donors (Lipinski definition) is 2. The second-order valence-corrected chi connectivity index (χ2v) is 6.62. The molecule has 0 bridgehead atoms. The van der Waals surface area contributed by atoms with E-state index in [1.165, 1.54) is 0 Å². The summed E-state index contributed by atoms with van der Waals surface area (Å²) in [4.78, 5) is 22.5. The van der Waals surface area contributed by atoms with E-state index >= 15 is 0 Å². The van der Waals surface area contributed by atoms with E-state index in [9.17, 15) is 9.59 Å². The molecule has 0 aromatic heterocycles. The third kappa shape index (κ3) is 5.76. The van der Waals surface area contributed by atoms with E-state index in [-0.39, 0.29) is 17.9 Å². The number of aliphatic carboxylic acids is 1. The highest BCUT2D eigenvalue weighted by atomic mass is 16.6. The van der Waals surface area contributed by atoms with Crippen molar-refractivity contribution in [1.29, 1.82) is 0 Å². The molecule has 5 nitrogen and oxygen atoms in total. The standard InChI is InChI=1S/C17H25NO4/c1-11(2)22-16(21)18-10-12-6-7-13(9-15(19)20)14(8-12)17(3,4)5/h6-8,11H,9-10H2,1-5H3,(H,18,21)(H,19,20). The van der Waals surface area contributed by atoms with Gasteiger partial charge in [0.1, 0.15) is 0 Å². The molecule has 2 N–H and O–H groups in total. The van der Waals surface area contributed by atoms with Gasteiger partial charge in [0.15, 0.2) is 0 Å². The Morgan fingerprint density at radius 3 is 2.41 bits per heavy atom. The SMILES string of the molecule is CC(C)OC(=O)NCc1ccc(CC(=O)O)c(C(C)(C)C)c1. The quantitative estimate of drug-likeness (QED) is 0.875. The van der Waals surface area contributed by atoms with Gasteiger partial charge >= 0.3 is 12.1 Å². The van der Waals surface area contributed by atoms with Crippen LogP contribution in [0.4, 0.5) is 4.79 Å². The van der Waals surface area contributed by atoms with E-state index < -0.39 is 12.1 Å². The predicted octanol–water partition coefficient (Wildman–Crippen LogP) is 3.25. The lowest BCUT2D eigenvalue weighted by Crippen LogP contribution is -2.26. The second-order valence-electron chi connectivity index (χ2n) is 6.62. The average molecular weight is 307 g/mol. The van der Waals surface area contributed by atoms with E-state index in [4.69, 9.17) is 9.84 Å². The summed E-state index contributed by atoms with van der Waals surface area (Å²) in [6.07, 6.45) is -0.625. The first-order valence-corrected chi connectivity index (χ1v) is 7.38. The fourth-order valence-corrected chi connectivity index (χ4v) is 2.18. The lowest BCUT2D eigenvalue weighted by atomic mass is 9.82. The Morgan fingerprint density at radius 1 is 1.27 bits per heavy atom. The summed E-state index contributed by atoms with van der Waals surface area (Å²) in [6, 6.07) is 5.61. The van der Waals surface area contributed by atoms with E-state index in [0.717, 1.165) is 16.7 Å². The second kappa shape index (κ2) is 7.29. The number of nitrogens with one attached hydrogen (secondary N) is 1. The predicted molar refractivity (Wildman–Crippen MR) is 84.9 cm³/mol. The van der Waals surface area contributed by atoms with Gasteiger partial charge in [-0.15, -0.1) is 0 Å². The molecule has 1 rings (SSSR count). The number of ether oxygens (including phenoxy) is 1. The van der Waals surface area contributed by atoms with E-state index in [0.29, 0.717) is 6.54 Å². The molecule has 22 heavy (non-hydrogen) atoms. The molecule has 0 saturated carbocycles. The number of amides is 1. The zero-order chi connectivity index (χ0) is 16.9. The molecule has 122 valence electrons. The van der Waals surface area contributed by atoms with Gasteiger partial charge in [-0.3, -0.25) is 4.79 Å².